The molecule has 6 heteroatoms. The van der Waals surface area contributed by atoms with Crippen molar-refractivity contribution in [2.45, 2.75) is 26.0 Å². The third-order valence-corrected chi connectivity index (χ3v) is 3.44. The minimum Gasteiger partial charge on any atom is -0.409 e. The van der Waals surface area contributed by atoms with Gasteiger partial charge in [0, 0.05) is 18.7 Å². The number of rotatable bonds is 4. The highest BCUT2D eigenvalue weighted by molar-refractivity contribution is 5.97. The number of amidine groups is 1. The maximum atomic E-state index is 12.0. The standard InChI is InChI=1S/C14H19N3O3/c1-9-5-6-20-12(9)14(18)16-8-10-3-2-4-11(7-10)13(15)17-19/h2-4,7,9,12,19H,5-6,8H2,1H3,(H2,15,17)(H,16,18). The minimum atomic E-state index is -0.359. The molecule has 4 N–H and O–H groups in total. The molecule has 0 radical (unpaired) electrons. The SMILES string of the molecule is CC1CCOC1C(=O)NCc1cccc(/C(N)=N/O)c1. The van der Waals surface area contributed by atoms with E-state index in [4.69, 9.17) is 15.7 Å². The van der Waals surface area contributed by atoms with Crippen LogP contribution in [0.3, 0.4) is 0 Å². The molecule has 1 aromatic rings. The third-order valence-electron chi connectivity index (χ3n) is 3.44. The third kappa shape index (κ3) is 3.27. The summed E-state index contributed by atoms with van der Waals surface area (Å²) in [4.78, 5) is 12.0. The van der Waals surface area contributed by atoms with E-state index in [-0.39, 0.29) is 23.8 Å². The Morgan fingerprint density at radius 1 is 1.60 bits per heavy atom. The van der Waals surface area contributed by atoms with Gasteiger partial charge >= 0.3 is 0 Å². The fourth-order valence-corrected chi connectivity index (χ4v) is 2.22. The van der Waals surface area contributed by atoms with E-state index >= 15 is 0 Å². The number of nitrogens with two attached hydrogens (primary N) is 1. The van der Waals surface area contributed by atoms with E-state index in [9.17, 15) is 4.79 Å². The maximum absolute atomic E-state index is 12.0. The van der Waals surface area contributed by atoms with Crippen molar-refractivity contribution in [3.05, 3.63) is 35.4 Å². The lowest BCUT2D eigenvalue weighted by Crippen LogP contribution is -2.36. The van der Waals surface area contributed by atoms with E-state index in [1.165, 1.54) is 0 Å². The second-order valence-corrected chi connectivity index (χ2v) is 4.96. The zero-order chi connectivity index (χ0) is 14.5. The first-order chi connectivity index (χ1) is 9.61. The molecule has 0 saturated carbocycles. The molecule has 6 nitrogen and oxygen atoms in total. The van der Waals surface area contributed by atoms with Crippen molar-refractivity contribution < 1.29 is 14.7 Å². The number of nitrogens with zero attached hydrogens (tertiary/aromatic N) is 1. The predicted octanol–water partition coefficient (Wildman–Crippen LogP) is 0.822. The van der Waals surface area contributed by atoms with Crippen LogP contribution in [-0.4, -0.2) is 29.7 Å². The van der Waals surface area contributed by atoms with Gasteiger partial charge in [0.25, 0.3) is 0 Å². The van der Waals surface area contributed by atoms with Crippen LogP contribution in [-0.2, 0) is 16.1 Å². The van der Waals surface area contributed by atoms with E-state index in [0.29, 0.717) is 18.7 Å². The summed E-state index contributed by atoms with van der Waals surface area (Å²) in [7, 11) is 0. The Morgan fingerprint density at radius 3 is 3.05 bits per heavy atom. The van der Waals surface area contributed by atoms with Crippen LogP contribution < -0.4 is 11.1 Å². The minimum absolute atomic E-state index is 0.0472. The lowest BCUT2D eigenvalue weighted by Gasteiger charge is -2.14. The van der Waals surface area contributed by atoms with Crippen LogP contribution in [0.5, 0.6) is 0 Å². The number of hydrogen-bond donors (Lipinski definition) is 3. The molecule has 1 aromatic carbocycles. The van der Waals surface area contributed by atoms with Crippen LogP contribution in [0.25, 0.3) is 0 Å². The zero-order valence-electron chi connectivity index (χ0n) is 11.4. The quantitative estimate of drug-likeness (QED) is 0.328. The Balaban J connectivity index is 1.95. The summed E-state index contributed by atoms with van der Waals surface area (Å²) in [6.45, 7) is 3.03. The Bertz CT molecular complexity index is 516. The summed E-state index contributed by atoms with van der Waals surface area (Å²) in [6.07, 6.45) is 0.555. The van der Waals surface area contributed by atoms with Crippen LogP contribution >= 0.6 is 0 Å². The van der Waals surface area contributed by atoms with Gasteiger partial charge in [0.1, 0.15) is 6.10 Å². The maximum Gasteiger partial charge on any atom is 0.249 e. The van der Waals surface area contributed by atoms with Crippen LogP contribution in [0.1, 0.15) is 24.5 Å². The summed E-state index contributed by atoms with van der Waals surface area (Å²) in [5.74, 6) is 0.202. The highest BCUT2D eigenvalue weighted by Gasteiger charge is 2.30. The summed E-state index contributed by atoms with van der Waals surface area (Å²) in [5.41, 5.74) is 7.03. The molecule has 0 bridgehead atoms. The van der Waals surface area contributed by atoms with Gasteiger partial charge in [-0.25, -0.2) is 0 Å². The molecule has 0 aliphatic carbocycles. The number of amides is 1. The van der Waals surface area contributed by atoms with Gasteiger partial charge in [-0.05, 0) is 24.0 Å². The molecule has 2 unspecified atom stereocenters. The predicted molar refractivity (Wildman–Crippen MR) is 74.3 cm³/mol. The van der Waals surface area contributed by atoms with E-state index in [1.54, 1.807) is 18.2 Å². The van der Waals surface area contributed by atoms with E-state index < -0.39 is 0 Å². The van der Waals surface area contributed by atoms with Crippen molar-refractivity contribution in [1.29, 1.82) is 0 Å². The summed E-state index contributed by atoms with van der Waals surface area (Å²) >= 11 is 0. The zero-order valence-corrected chi connectivity index (χ0v) is 11.4. The highest BCUT2D eigenvalue weighted by Crippen LogP contribution is 2.20. The molecule has 1 amide bonds. The fraction of sp³-hybridized carbons (Fsp3) is 0.429. The first kappa shape index (κ1) is 14.3. The Morgan fingerprint density at radius 2 is 2.40 bits per heavy atom. The van der Waals surface area contributed by atoms with Crippen LogP contribution in [0, 0.1) is 5.92 Å². The second-order valence-electron chi connectivity index (χ2n) is 4.96. The molecule has 108 valence electrons. The van der Waals surface area contributed by atoms with Crippen LogP contribution in [0.4, 0.5) is 0 Å². The summed E-state index contributed by atoms with van der Waals surface area (Å²) in [5, 5.41) is 14.5. The molecule has 0 spiro atoms. The van der Waals surface area contributed by atoms with E-state index in [2.05, 4.69) is 10.5 Å². The van der Waals surface area contributed by atoms with Crippen molar-refractivity contribution >= 4 is 11.7 Å². The number of hydrogen-bond acceptors (Lipinski definition) is 4. The van der Waals surface area contributed by atoms with Crippen molar-refractivity contribution in [1.82, 2.24) is 5.32 Å². The average Bonchev–Trinajstić information content (AvgIpc) is 2.90. The van der Waals surface area contributed by atoms with Crippen LogP contribution in [0.2, 0.25) is 0 Å². The number of oxime groups is 1. The Hall–Kier alpha value is -2.08. The van der Waals surface area contributed by atoms with Gasteiger partial charge < -0.3 is 21.0 Å². The number of nitrogens with one attached hydrogen (secondary N) is 1. The lowest BCUT2D eigenvalue weighted by atomic mass is 10.0. The topological polar surface area (TPSA) is 96.9 Å². The Kier molecular flexibility index (Phi) is 4.57. The smallest absolute Gasteiger partial charge is 0.249 e. The molecular weight excluding hydrogens is 258 g/mol. The van der Waals surface area contributed by atoms with E-state index in [1.807, 2.05) is 13.0 Å². The molecule has 1 aliphatic heterocycles. The van der Waals surface area contributed by atoms with Gasteiger partial charge in [-0.2, -0.15) is 0 Å². The highest BCUT2D eigenvalue weighted by atomic mass is 16.5. The fourth-order valence-electron chi connectivity index (χ4n) is 2.22. The summed E-state index contributed by atoms with van der Waals surface area (Å²) in [6, 6.07) is 7.17. The number of carbonyl (C=O) groups excluding carboxylic acids is 1. The summed E-state index contributed by atoms with van der Waals surface area (Å²) < 4.78 is 5.41. The van der Waals surface area contributed by atoms with Gasteiger partial charge in [-0.1, -0.05) is 30.3 Å². The van der Waals surface area contributed by atoms with Crippen molar-refractivity contribution in [2.24, 2.45) is 16.8 Å². The van der Waals surface area contributed by atoms with Gasteiger partial charge in [0.2, 0.25) is 5.91 Å². The van der Waals surface area contributed by atoms with Gasteiger partial charge in [-0.15, -0.1) is 0 Å². The normalized spacial score (nSPS) is 22.8. The number of ether oxygens (including phenoxy) is 1. The van der Waals surface area contributed by atoms with E-state index in [0.717, 1.165) is 12.0 Å². The number of benzene rings is 1. The molecular formula is C14H19N3O3. The molecule has 1 aliphatic rings. The molecule has 1 saturated heterocycles. The Labute approximate surface area is 117 Å². The molecule has 2 rings (SSSR count). The van der Waals surface area contributed by atoms with Gasteiger partial charge in [0.15, 0.2) is 5.84 Å². The van der Waals surface area contributed by atoms with Crippen molar-refractivity contribution in [2.75, 3.05) is 6.61 Å². The monoisotopic (exact) mass is 277 g/mol. The van der Waals surface area contributed by atoms with Crippen molar-refractivity contribution in [3.8, 4) is 0 Å². The van der Waals surface area contributed by atoms with Crippen LogP contribution in [0.15, 0.2) is 29.4 Å². The largest absolute Gasteiger partial charge is 0.409 e. The second kappa shape index (κ2) is 6.38. The average molecular weight is 277 g/mol. The first-order valence-electron chi connectivity index (χ1n) is 6.58. The molecule has 1 fully saturated rings. The first-order valence-corrected chi connectivity index (χ1v) is 6.58. The van der Waals surface area contributed by atoms with Gasteiger partial charge in [0.05, 0.1) is 0 Å². The van der Waals surface area contributed by atoms with Crippen molar-refractivity contribution in [3.63, 3.8) is 0 Å². The molecule has 1 heterocycles. The lowest BCUT2D eigenvalue weighted by molar-refractivity contribution is -0.131. The van der Waals surface area contributed by atoms with Gasteiger partial charge in [-0.3, -0.25) is 4.79 Å². The molecule has 20 heavy (non-hydrogen) atoms. The molecule has 2 atom stereocenters. The number of carbonyl (C=O) groups is 1. The molecule has 0 aromatic heterocycles.